The Balaban J connectivity index is -0.000000195. The van der Waals surface area contributed by atoms with Crippen LogP contribution in [-0.4, -0.2) is 51.7 Å². The molecule has 0 aliphatic carbocycles. The predicted molar refractivity (Wildman–Crippen MR) is 109 cm³/mol. The van der Waals surface area contributed by atoms with Gasteiger partial charge in [-0.2, -0.15) is 8.42 Å². The van der Waals surface area contributed by atoms with Crippen molar-refractivity contribution in [2.75, 3.05) is 0 Å². The third-order valence-electron chi connectivity index (χ3n) is 3.99. The molecule has 0 radical (unpaired) electrons. The van der Waals surface area contributed by atoms with E-state index < -0.39 is 16.4 Å². The first-order valence-corrected chi connectivity index (χ1v) is 11.1. The quantitative estimate of drug-likeness (QED) is 0.176. The first-order valence-electron chi connectivity index (χ1n) is 9.69. The van der Waals surface area contributed by atoms with Gasteiger partial charge in [0.15, 0.2) is 0 Å². The zero-order valence-electron chi connectivity index (χ0n) is 18.5. The molecule has 0 atom stereocenters. The van der Waals surface area contributed by atoms with Crippen LogP contribution in [0.3, 0.4) is 0 Å². The van der Waals surface area contributed by atoms with E-state index in [9.17, 15) is 4.79 Å². The van der Waals surface area contributed by atoms with Gasteiger partial charge in [-0.25, -0.2) is 0 Å². The summed E-state index contributed by atoms with van der Waals surface area (Å²) in [5.41, 5.74) is 0. The average Bonchev–Trinajstić information content (AvgIpc) is 2.49. The Hall–Kier alpha value is 0.106. The smallest absolute Gasteiger partial charge is 1.00 e. The largest absolute Gasteiger partial charge is 2.00 e. The molecule has 0 saturated heterocycles. The van der Waals surface area contributed by atoms with Crippen LogP contribution in [0, 0.1) is 0 Å². The maximum Gasteiger partial charge on any atom is 2.00 e. The van der Waals surface area contributed by atoms with Crippen LogP contribution in [0.25, 0.3) is 0 Å². The molecule has 0 aromatic heterocycles. The van der Waals surface area contributed by atoms with E-state index in [-0.39, 0.29) is 25.9 Å². The number of carboxylic acids is 1. The van der Waals surface area contributed by atoms with Gasteiger partial charge in [0, 0.05) is 6.42 Å². The van der Waals surface area contributed by atoms with E-state index in [0.717, 1.165) is 12.8 Å². The fraction of sp³-hybridized carbons (Fsp3) is 0.944. The third kappa shape index (κ3) is 44.0. The van der Waals surface area contributed by atoms with Gasteiger partial charge in [0.05, 0.1) is 0 Å². The molecule has 0 unspecified atom stereocenters. The molecular weight excluding hydrogens is 369 g/mol. The second-order valence-corrected chi connectivity index (χ2v) is 7.44. The average molecular weight is 409 g/mol. The molecule has 0 aromatic carbocycles. The van der Waals surface area contributed by atoms with E-state index in [4.69, 9.17) is 22.6 Å². The van der Waals surface area contributed by atoms with Gasteiger partial charge in [0.1, 0.15) is 0 Å². The fourth-order valence-electron chi connectivity index (χ4n) is 2.65. The van der Waals surface area contributed by atoms with Crippen molar-refractivity contribution < 1.29 is 30.3 Å². The molecule has 8 heteroatoms. The minimum atomic E-state index is -4.67. The van der Waals surface area contributed by atoms with E-state index in [1.807, 2.05) is 0 Å². The Labute approximate surface area is 179 Å². The van der Waals surface area contributed by atoms with Crippen molar-refractivity contribution >= 4 is 39.4 Å². The molecule has 0 rings (SSSR count). The number of carbonyl (C=O) groups is 1. The van der Waals surface area contributed by atoms with Crippen molar-refractivity contribution in [3.63, 3.8) is 0 Å². The first-order chi connectivity index (χ1) is 11.8. The van der Waals surface area contributed by atoms with Gasteiger partial charge in [0.25, 0.3) is 0 Å². The fourth-order valence-corrected chi connectivity index (χ4v) is 2.65. The minimum absolute atomic E-state index is 0. The Morgan fingerprint density at radius 3 is 1.15 bits per heavy atom. The van der Waals surface area contributed by atoms with Crippen LogP contribution in [0.15, 0.2) is 0 Å². The normalized spacial score (nSPS) is 10.6. The van der Waals surface area contributed by atoms with E-state index >= 15 is 0 Å². The Morgan fingerprint density at radius 2 is 0.923 bits per heavy atom. The van der Waals surface area contributed by atoms with Gasteiger partial charge in [-0.15, -0.1) is 0 Å². The predicted octanol–water partition coefficient (Wildman–Crippen LogP) is 5.52. The van der Waals surface area contributed by atoms with E-state index in [1.165, 1.54) is 83.5 Å². The molecule has 0 fully saturated rings. The summed E-state index contributed by atoms with van der Waals surface area (Å²) in [4.78, 5) is 10.3. The van der Waals surface area contributed by atoms with E-state index in [0.29, 0.717) is 6.42 Å². The van der Waals surface area contributed by atoms with Crippen molar-refractivity contribution in [1.82, 2.24) is 0 Å². The van der Waals surface area contributed by atoms with Crippen molar-refractivity contribution in [3.8, 4) is 0 Å². The molecule has 0 heterocycles. The first kappa shape index (κ1) is 30.8. The zero-order valence-corrected chi connectivity index (χ0v) is 18.7. The van der Waals surface area contributed by atoms with Gasteiger partial charge in [-0.05, 0) is 6.42 Å². The van der Waals surface area contributed by atoms with Crippen LogP contribution in [0.2, 0.25) is 0 Å². The molecule has 0 aliphatic heterocycles. The third-order valence-corrected chi connectivity index (χ3v) is 3.99. The number of aliphatic carboxylic acids is 1. The van der Waals surface area contributed by atoms with Crippen LogP contribution >= 0.6 is 0 Å². The summed E-state index contributed by atoms with van der Waals surface area (Å²) in [5, 5.41) is 8.52. The summed E-state index contributed by atoms with van der Waals surface area (Å²) in [7, 11) is -4.67. The maximum atomic E-state index is 10.3. The molecule has 0 spiro atoms. The summed E-state index contributed by atoms with van der Waals surface area (Å²) in [5.74, 6) is -0.653. The zero-order chi connectivity index (χ0) is 19.4. The molecule has 0 aromatic rings. The topological polar surface area (TPSA) is 112 Å². The van der Waals surface area contributed by atoms with Crippen molar-refractivity contribution in [1.29, 1.82) is 0 Å². The monoisotopic (exact) mass is 408 g/mol. The van der Waals surface area contributed by atoms with Gasteiger partial charge in [0.2, 0.25) is 0 Å². The Morgan fingerprint density at radius 1 is 0.692 bits per heavy atom. The Kier molecular flexibility index (Phi) is 27.4. The standard InChI is InChI=1S/C18H36O2.Mg.H2O4S.2H/c1-2-3-4-5-6-7-8-9-10-11-12-13-14-15-16-17-18(19)20;;1-5(2,3)4;;/h2-17H2,1H3,(H,19,20);;(H2,1,2,3,4);;/q;+2;;2*-1. The van der Waals surface area contributed by atoms with Gasteiger partial charge < -0.3 is 7.96 Å². The SMILES string of the molecule is CCCCCCCCCCCCCCCCCC(=O)O.O=S(=O)(O)O.[H-].[H-].[Mg+2]. The van der Waals surface area contributed by atoms with Crippen LogP contribution in [0.4, 0.5) is 0 Å². The second-order valence-electron chi connectivity index (χ2n) is 6.54. The van der Waals surface area contributed by atoms with Crippen LogP contribution in [-0.2, 0) is 15.2 Å². The molecule has 26 heavy (non-hydrogen) atoms. The van der Waals surface area contributed by atoms with Gasteiger partial charge >= 0.3 is 39.4 Å². The molecule has 0 bridgehead atoms. The molecule has 0 amide bonds. The van der Waals surface area contributed by atoms with Crippen molar-refractivity contribution in [3.05, 3.63) is 0 Å². The molecular formula is C18H40MgO6S. The number of carboxylic acid groups (broad SMARTS) is 1. The van der Waals surface area contributed by atoms with E-state index in [1.54, 1.807) is 0 Å². The Bertz CT molecular complexity index is 390. The van der Waals surface area contributed by atoms with Gasteiger partial charge in [-0.3, -0.25) is 13.9 Å². The number of rotatable bonds is 16. The summed E-state index contributed by atoms with van der Waals surface area (Å²) in [6, 6.07) is 0. The summed E-state index contributed by atoms with van der Waals surface area (Å²) >= 11 is 0. The van der Waals surface area contributed by atoms with Crippen LogP contribution in [0.5, 0.6) is 0 Å². The maximum absolute atomic E-state index is 10.3. The van der Waals surface area contributed by atoms with Crippen LogP contribution in [0.1, 0.15) is 113 Å². The van der Waals surface area contributed by atoms with Gasteiger partial charge in [-0.1, -0.05) is 96.8 Å². The van der Waals surface area contributed by atoms with Crippen molar-refractivity contribution in [2.24, 2.45) is 0 Å². The summed E-state index contributed by atoms with van der Waals surface area (Å²) in [6.07, 6.45) is 20.2. The van der Waals surface area contributed by atoms with Crippen LogP contribution < -0.4 is 0 Å². The minimum Gasteiger partial charge on any atom is -1.00 e. The molecule has 0 aliphatic rings. The summed E-state index contributed by atoms with van der Waals surface area (Å²) in [6.45, 7) is 2.27. The summed E-state index contributed by atoms with van der Waals surface area (Å²) < 4.78 is 31.6. The molecule has 156 valence electrons. The molecule has 0 saturated carbocycles. The molecule has 6 nitrogen and oxygen atoms in total. The number of hydrogen-bond acceptors (Lipinski definition) is 3. The number of hydrogen-bond donors (Lipinski definition) is 3. The van der Waals surface area contributed by atoms with Crippen molar-refractivity contribution in [2.45, 2.75) is 110 Å². The molecule has 3 N–H and O–H groups in total. The second kappa shape index (κ2) is 23.1. The van der Waals surface area contributed by atoms with E-state index in [2.05, 4.69) is 6.92 Å². The number of unbranched alkanes of at least 4 members (excludes halogenated alkanes) is 14.